The first-order chi connectivity index (χ1) is 9.40. The molecule has 0 aliphatic carbocycles. The molecule has 0 saturated carbocycles. The third kappa shape index (κ3) is 2.62. The number of carbonyl (C=O) groups excluding carboxylic acids is 1. The molecule has 0 radical (unpaired) electrons. The smallest absolute Gasteiger partial charge is 0.283 e. The number of nitro groups is 1. The van der Waals surface area contributed by atoms with Gasteiger partial charge in [-0.25, -0.2) is 0 Å². The maximum absolute atomic E-state index is 12.2. The molecule has 1 aromatic heterocycles. The van der Waals surface area contributed by atoms with E-state index in [2.05, 4.69) is 15.5 Å². The van der Waals surface area contributed by atoms with E-state index in [4.69, 9.17) is 11.6 Å². The second-order valence-electron chi connectivity index (χ2n) is 4.18. The molecule has 1 aromatic carbocycles. The minimum absolute atomic E-state index is 0.0561. The van der Waals surface area contributed by atoms with E-state index in [0.29, 0.717) is 17.1 Å². The van der Waals surface area contributed by atoms with Crippen LogP contribution in [0.1, 0.15) is 21.7 Å². The summed E-state index contributed by atoms with van der Waals surface area (Å²) in [6.07, 6.45) is 0. The van der Waals surface area contributed by atoms with Crippen LogP contribution in [0.15, 0.2) is 18.2 Å². The van der Waals surface area contributed by atoms with Crippen molar-refractivity contribution in [2.75, 3.05) is 5.32 Å². The highest BCUT2D eigenvalue weighted by molar-refractivity contribution is 6.31. The number of hydrogen-bond donors (Lipinski definition) is 2. The monoisotopic (exact) mass is 294 g/mol. The molecule has 0 bridgehead atoms. The van der Waals surface area contributed by atoms with Gasteiger partial charge in [-0.15, -0.1) is 0 Å². The summed E-state index contributed by atoms with van der Waals surface area (Å²) in [5, 5.41) is 20.4. The first kappa shape index (κ1) is 14.0. The number of aryl methyl sites for hydroxylation is 2. The molecule has 2 aromatic rings. The molecular formula is C12H11ClN4O3. The second kappa shape index (κ2) is 5.30. The number of carbonyl (C=O) groups is 1. The molecule has 8 heteroatoms. The van der Waals surface area contributed by atoms with Crippen LogP contribution in [0, 0.1) is 24.0 Å². The number of aromatic nitrogens is 2. The van der Waals surface area contributed by atoms with Crippen molar-refractivity contribution in [1.82, 2.24) is 10.2 Å². The normalized spacial score (nSPS) is 10.3. The van der Waals surface area contributed by atoms with Crippen molar-refractivity contribution in [3.8, 4) is 0 Å². The van der Waals surface area contributed by atoms with Gasteiger partial charge in [-0.05, 0) is 26.0 Å². The summed E-state index contributed by atoms with van der Waals surface area (Å²) in [6, 6.07) is 3.89. The molecule has 0 aliphatic rings. The second-order valence-corrected chi connectivity index (χ2v) is 4.62. The lowest BCUT2D eigenvalue weighted by molar-refractivity contribution is -0.385. The summed E-state index contributed by atoms with van der Waals surface area (Å²) in [5.41, 5.74) is 1.40. The molecule has 1 amide bonds. The van der Waals surface area contributed by atoms with E-state index in [1.807, 2.05) is 0 Å². The fourth-order valence-corrected chi connectivity index (χ4v) is 1.93. The maximum Gasteiger partial charge on any atom is 0.283 e. The van der Waals surface area contributed by atoms with Crippen LogP contribution in [0.2, 0.25) is 5.02 Å². The Morgan fingerprint density at radius 1 is 1.45 bits per heavy atom. The number of nitrogens with one attached hydrogen (secondary N) is 2. The number of aromatic amines is 1. The fourth-order valence-electron chi connectivity index (χ4n) is 1.76. The average Bonchev–Trinajstić information content (AvgIpc) is 2.70. The van der Waals surface area contributed by atoms with Crippen molar-refractivity contribution < 1.29 is 9.72 Å². The summed E-state index contributed by atoms with van der Waals surface area (Å²) in [7, 11) is 0. The van der Waals surface area contributed by atoms with E-state index >= 15 is 0 Å². The number of benzene rings is 1. The predicted molar refractivity (Wildman–Crippen MR) is 74.1 cm³/mol. The van der Waals surface area contributed by atoms with Gasteiger partial charge in [0.15, 0.2) is 0 Å². The van der Waals surface area contributed by atoms with Crippen molar-refractivity contribution in [3.63, 3.8) is 0 Å². The van der Waals surface area contributed by atoms with E-state index in [1.165, 1.54) is 12.1 Å². The number of anilines is 1. The van der Waals surface area contributed by atoms with E-state index in [-0.39, 0.29) is 16.3 Å². The number of halogens is 1. The van der Waals surface area contributed by atoms with Gasteiger partial charge < -0.3 is 5.32 Å². The van der Waals surface area contributed by atoms with E-state index in [0.717, 1.165) is 6.07 Å². The number of amides is 1. The maximum atomic E-state index is 12.2. The molecule has 0 aliphatic heterocycles. The molecule has 0 unspecified atom stereocenters. The van der Waals surface area contributed by atoms with Crippen molar-refractivity contribution in [3.05, 3.63) is 50.3 Å². The third-order valence-corrected chi connectivity index (χ3v) is 3.00. The third-order valence-electron chi connectivity index (χ3n) is 2.77. The topological polar surface area (TPSA) is 101 Å². The predicted octanol–water partition coefficient (Wildman–Crippen LogP) is 2.84. The van der Waals surface area contributed by atoms with Crippen LogP contribution in [0.4, 0.5) is 11.4 Å². The number of nitro benzene ring substituents is 1. The zero-order valence-electron chi connectivity index (χ0n) is 10.7. The van der Waals surface area contributed by atoms with Crippen LogP contribution in [0.3, 0.4) is 0 Å². The van der Waals surface area contributed by atoms with E-state index < -0.39 is 10.8 Å². The highest BCUT2D eigenvalue weighted by Crippen LogP contribution is 2.25. The molecule has 0 spiro atoms. The molecule has 20 heavy (non-hydrogen) atoms. The van der Waals surface area contributed by atoms with Crippen molar-refractivity contribution in [2.24, 2.45) is 0 Å². The van der Waals surface area contributed by atoms with Gasteiger partial charge in [0.25, 0.3) is 11.6 Å². The lowest BCUT2D eigenvalue weighted by Crippen LogP contribution is -2.14. The Bertz CT molecular complexity index is 677. The van der Waals surface area contributed by atoms with Gasteiger partial charge in [0.1, 0.15) is 5.56 Å². The number of H-pyrrole nitrogens is 1. The van der Waals surface area contributed by atoms with E-state index in [9.17, 15) is 14.9 Å². The van der Waals surface area contributed by atoms with Gasteiger partial charge in [0.2, 0.25) is 0 Å². The summed E-state index contributed by atoms with van der Waals surface area (Å²) >= 11 is 5.71. The summed E-state index contributed by atoms with van der Waals surface area (Å²) < 4.78 is 0. The van der Waals surface area contributed by atoms with Crippen LogP contribution in [0.5, 0.6) is 0 Å². The van der Waals surface area contributed by atoms with Crippen molar-refractivity contribution in [2.45, 2.75) is 13.8 Å². The Morgan fingerprint density at radius 3 is 2.70 bits per heavy atom. The lowest BCUT2D eigenvalue weighted by atomic mass is 10.1. The van der Waals surface area contributed by atoms with Gasteiger partial charge in [-0.2, -0.15) is 5.10 Å². The summed E-state index contributed by atoms with van der Waals surface area (Å²) in [6.45, 7) is 3.46. The highest BCUT2D eigenvalue weighted by atomic mass is 35.5. The van der Waals surface area contributed by atoms with E-state index in [1.54, 1.807) is 13.8 Å². The molecule has 0 atom stereocenters. The fraction of sp³-hybridized carbons (Fsp3) is 0.167. The Labute approximate surface area is 119 Å². The largest absolute Gasteiger partial charge is 0.319 e. The molecule has 2 N–H and O–H groups in total. The van der Waals surface area contributed by atoms with Gasteiger partial charge >= 0.3 is 0 Å². The molecule has 104 valence electrons. The molecule has 0 saturated heterocycles. The van der Waals surface area contributed by atoms with Crippen LogP contribution >= 0.6 is 11.6 Å². The molecule has 1 heterocycles. The van der Waals surface area contributed by atoms with Gasteiger partial charge in [-0.1, -0.05) is 11.6 Å². The average molecular weight is 295 g/mol. The number of hydrogen-bond acceptors (Lipinski definition) is 4. The Hall–Kier alpha value is -2.41. The summed E-state index contributed by atoms with van der Waals surface area (Å²) in [5.74, 6) is -0.582. The molecule has 7 nitrogen and oxygen atoms in total. The minimum atomic E-state index is -0.643. The first-order valence-electron chi connectivity index (χ1n) is 5.67. The minimum Gasteiger partial charge on any atom is -0.319 e. The van der Waals surface area contributed by atoms with Crippen LogP contribution < -0.4 is 5.32 Å². The zero-order chi connectivity index (χ0) is 14.9. The zero-order valence-corrected chi connectivity index (χ0v) is 11.5. The van der Waals surface area contributed by atoms with Gasteiger partial charge in [-0.3, -0.25) is 20.0 Å². The SMILES string of the molecule is Cc1n[nH]c(C)c1NC(=O)c1ccc(Cl)cc1[N+](=O)[O-]. The quantitative estimate of drug-likeness (QED) is 0.671. The Morgan fingerprint density at radius 2 is 2.15 bits per heavy atom. The number of rotatable bonds is 3. The van der Waals surface area contributed by atoms with Crippen molar-refractivity contribution >= 4 is 28.9 Å². The first-order valence-corrected chi connectivity index (χ1v) is 6.05. The molecular weight excluding hydrogens is 284 g/mol. The van der Waals surface area contributed by atoms with Gasteiger partial charge in [0.05, 0.1) is 22.0 Å². The Kier molecular flexibility index (Phi) is 3.71. The lowest BCUT2D eigenvalue weighted by Gasteiger charge is -2.06. The number of nitrogens with zero attached hydrogens (tertiary/aromatic N) is 2. The van der Waals surface area contributed by atoms with Crippen molar-refractivity contribution in [1.29, 1.82) is 0 Å². The highest BCUT2D eigenvalue weighted by Gasteiger charge is 2.22. The van der Waals surface area contributed by atoms with Crippen LogP contribution in [0.25, 0.3) is 0 Å². The standard InChI is InChI=1S/C12H11ClN4O3/c1-6-11(7(2)16-15-6)14-12(18)9-4-3-8(13)5-10(9)17(19)20/h3-5H,1-2H3,(H,14,18)(H,15,16). The van der Waals surface area contributed by atoms with Crippen LogP contribution in [-0.2, 0) is 0 Å². The van der Waals surface area contributed by atoms with Crippen LogP contribution in [-0.4, -0.2) is 21.0 Å². The van der Waals surface area contributed by atoms with Gasteiger partial charge in [0, 0.05) is 11.1 Å². The Balaban J connectivity index is 2.37. The summed E-state index contributed by atoms with van der Waals surface area (Å²) in [4.78, 5) is 22.5. The molecule has 2 rings (SSSR count). The molecule has 0 fully saturated rings.